The Balaban J connectivity index is 1.57. The number of aromatic nitrogens is 4. The van der Waals surface area contributed by atoms with E-state index in [1.165, 1.54) is 0 Å². The Morgan fingerprint density at radius 2 is 2.07 bits per heavy atom. The molecule has 1 atom stereocenters. The van der Waals surface area contributed by atoms with Crippen molar-refractivity contribution in [1.82, 2.24) is 24.9 Å². The van der Waals surface area contributed by atoms with Crippen LogP contribution in [0.1, 0.15) is 28.9 Å². The van der Waals surface area contributed by atoms with E-state index in [1.54, 1.807) is 11.8 Å². The van der Waals surface area contributed by atoms with Gasteiger partial charge in [0.25, 0.3) is 5.91 Å². The topological polar surface area (TPSA) is 83.2 Å². The molecule has 28 heavy (non-hydrogen) atoms. The van der Waals surface area contributed by atoms with E-state index in [9.17, 15) is 4.79 Å². The second-order valence-corrected chi connectivity index (χ2v) is 6.70. The maximum absolute atomic E-state index is 12.8. The minimum Gasteiger partial charge on any atom is -0.497 e. The van der Waals surface area contributed by atoms with Crippen molar-refractivity contribution in [3.05, 3.63) is 60.0 Å². The molecule has 1 N–H and O–H groups in total. The molecule has 0 radical (unpaired) electrons. The summed E-state index contributed by atoms with van der Waals surface area (Å²) in [6.45, 7) is 1.73. The van der Waals surface area contributed by atoms with Crippen molar-refractivity contribution in [3.63, 3.8) is 0 Å². The summed E-state index contributed by atoms with van der Waals surface area (Å²) in [6.07, 6.45) is 5.83. The van der Waals surface area contributed by atoms with E-state index in [4.69, 9.17) is 9.47 Å². The van der Waals surface area contributed by atoms with Crippen LogP contribution in [0.25, 0.3) is 5.82 Å². The number of ether oxygens (including phenoxy) is 2. The van der Waals surface area contributed by atoms with Crippen molar-refractivity contribution < 1.29 is 14.3 Å². The molecule has 0 unspecified atom stereocenters. The van der Waals surface area contributed by atoms with Crippen molar-refractivity contribution in [2.24, 2.45) is 0 Å². The molecule has 1 amide bonds. The summed E-state index contributed by atoms with van der Waals surface area (Å²) in [5, 5.41) is 11.3. The SMILES string of the molecule is COc1ccc(Cn2nnc(C(=O)NC[C@H]3CCCO3)c2-n2cccc2)cc1. The van der Waals surface area contributed by atoms with Crippen molar-refractivity contribution in [2.45, 2.75) is 25.5 Å². The van der Waals surface area contributed by atoms with Gasteiger partial charge in [-0.2, -0.15) is 0 Å². The van der Waals surface area contributed by atoms with Gasteiger partial charge in [-0.15, -0.1) is 5.10 Å². The third-order valence-electron chi connectivity index (χ3n) is 4.78. The van der Waals surface area contributed by atoms with Crippen LogP contribution in [-0.4, -0.2) is 51.8 Å². The molecule has 1 saturated heterocycles. The van der Waals surface area contributed by atoms with Gasteiger partial charge in [-0.1, -0.05) is 17.3 Å². The van der Waals surface area contributed by atoms with E-state index in [0.29, 0.717) is 24.6 Å². The summed E-state index contributed by atoms with van der Waals surface area (Å²) in [5.41, 5.74) is 1.33. The molecule has 4 rings (SSSR count). The molecule has 1 fully saturated rings. The molecule has 1 aliphatic heterocycles. The molecule has 3 aromatic rings. The Hall–Kier alpha value is -3.13. The first kappa shape index (κ1) is 18.2. The molecule has 1 aliphatic rings. The molecule has 0 saturated carbocycles. The molecule has 0 spiro atoms. The van der Waals surface area contributed by atoms with Crippen LogP contribution in [-0.2, 0) is 11.3 Å². The van der Waals surface area contributed by atoms with Gasteiger partial charge in [-0.3, -0.25) is 4.79 Å². The van der Waals surface area contributed by atoms with Gasteiger partial charge in [0.05, 0.1) is 19.8 Å². The van der Waals surface area contributed by atoms with Crippen LogP contribution in [0.15, 0.2) is 48.8 Å². The highest BCUT2D eigenvalue weighted by molar-refractivity contribution is 5.95. The first-order valence-electron chi connectivity index (χ1n) is 9.34. The zero-order valence-electron chi connectivity index (χ0n) is 15.7. The van der Waals surface area contributed by atoms with Crippen molar-refractivity contribution in [1.29, 1.82) is 0 Å². The second-order valence-electron chi connectivity index (χ2n) is 6.70. The Kier molecular flexibility index (Phi) is 5.38. The lowest BCUT2D eigenvalue weighted by molar-refractivity contribution is 0.0853. The maximum Gasteiger partial charge on any atom is 0.275 e. The molecule has 0 aliphatic carbocycles. The number of nitrogens with one attached hydrogen (secondary N) is 1. The third-order valence-corrected chi connectivity index (χ3v) is 4.78. The highest BCUT2D eigenvalue weighted by atomic mass is 16.5. The van der Waals surface area contributed by atoms with Crippen LogP contribution < -0.4 is 10.1 Å². The fourth-order valence-corrected chi connectivity index (χ4v) is 3.29. The van der Waals surface area contributed by atoms with Crippen molar-refractivity contribution >= 4 is 5.91 Å². The first-order chi connectivity index (χ1) is 13.7. The highest BCUT2D eigenvalue weighted by Gasteiger charge is 2.23. The fourth-order valence-electron chi connectivity index (χ4n) is 3.29. The lowest BCUT2D eigenvalue weighted by Gasteiger charge is -2.12. The lowest BCUT2D eigenvalue weighted by Crippen LogP contribution is -2.32. The molecule has 8 nitrogen and oxygen atoms in total. The number of amides is 1. The Morgan fingerprint density at radius 3 is 2.75 bits per heavy atom. The van der Waals surface area contributed by atoms with Gasteiger partial charge in [0, 0.05) is 25.5 Å². The lowest BCUT2D eigenvalue weighted by atomic mass is 10.2. The number of benzene rings is 1. The van der Waals surface area contributed by atoms with Crippen molar-refractivity contribution in [3.8, 4) is 11.6 Å². The van der Waals surface area contributed by atoms with E-state index in [2.05, 4.69) is 15.6 Å². The molecule has 0 bridgehead atoms. The quantitative estimate of drug-likeness (QED) is 0.677. The maximum atomic E-state index is 12.8. The van der Waals surface area contributed by atoms with Gasteiger partial charge in [0.2, 0.25) is 0 Å². The summed E-state index contributed by atoms with van der Waals surface area (Å²) >= 11 is 0. The Morgan fingerprint density at radius 1 is 1.29 bits per heavy atom. The molecule has 2 aromatic heterocycles. The van der Waals surface area contributed by atoms with Gasteiger partial charge in [0.15, 0.2) is 11.5 Å². The standard InChI is InChI=1S/C20H23N5O3/c1-27-16-8-6-15(7-9-16)14-25-20(24-10-2-3-11-24)18(22-23-25)19(26)21-13-17-5-4-12-28-17/h2-3,6-11,17H,4-5,12-14H2,1H3,(H,21,26)/t17-/m1/s1. The average Bonchev–Trinajstić information content (AvgIpc) is 3.48. The van der Waals surface area contributed by atoms with Crippen LogP contribution in [0.2, 0.25) is 0 Å². The number of methoxy groups -OCH3 is 1. The van der Waals surface area contributed by atoms with Crippen LogP contribution in [0.5, 0.6) is 5.75 Å². The Labute approximate surface area is 163 Å². The highest BCUT2D eigenvalue weighted by Crippen LogP contribution is 2.17. The van der Waals surface area contributed by atoms with Gasteiger partial charge in [0.1, 0.15) is 5.75 Å². The number of hydrogen-bond acceptors (Lipinski definition) is 5. The van der Waals surface area contributed by atoms with E-state index >= 15 is 0 Å². The molecule has 3 heterocycles. The van der Waals surface area contributed by atoms with Gasteiger partial charge in [-0.25, -0.2) is 4.68 Å². The molecular formula is C20H23N5O3. The van der Waals surface area contributed by atoms with E-state index in [1.807, 2.05) is 53.4 Å². The Bertz CT molecular complexity index is 912. The summed E-state index contributed by atoms with van der Waals surface area (Å²) in [4.78, 5) is 12.8. The first-order valence-corrected chi connectivity index (χ1v) is 9.34. The zero-order valence-corrected chi connectivity index (χ0v) is 15.7. The number of carbonyl (C=O) groups excluding carboxylic acids is 1. The monoisotopic (exact) mass is 381 g/mol. The predicted molar refractivity (Wildman–Crippen MR) is 103 cm³/mol. The van der Waals surface area contributed by atoms with Gasteiger partial charge < -0.3 is 19.4 Å². The van der Waals surface area contributed by atoms with Gasteiger partial charge in [-0.05, 0) is 42.7 Å². The summed E-state index contributed by atoms with van der Waals surface area (Å²) in [6, 6.07) is 11.5. The number of rotatable bonds is 7. The number of hydrogen-bond donors (Lipinski definition) is 1. The fraction of sp³-hybridized carbons (Fsp3) is 0.350. The third kappa shape index (κ3) is 3.91. The van der Waals surface area contributed by atoms with E-state index < -0.39 is 0 Å². The molecule has 146 valence electrons. The zero-order chi connectivity index (χ0) is 19.3. The average molecular weight is 381 g/mol. The summed E-state index contributed by atoms with van der Waals surface area (Å²) in [5.74, 6) is 1.17. The molecular weight excluding hydrogens is 358 g/mol. The van der Waals surface area contributed by atoms with Crippen molar-refractivity contribution in [2.75, 3.05) is 20.3 Å². The van der Waals surface area contributed by atoms with Crippen LogP contribution in [0.4, 0.5) is 0 Å². The normalized spacial score (nSPS) is 16.2. The van der Waals surface area contributed by atoms with Crippen LogP contribution in [0, 0.1) is 0 Å². The molecule has 8 heteroatoms. The van der Waals surface area contributed by atoms with Crippen LogP contribution >= 0.6 is 0 Å². The minimum absolute atomic E-state index is 0.0772. The predicted octanol–water partition coefficient (Wildman–Crippen LogP) is 2.03. The summed E-state index contributed by atoms with van der Waals surface area (Å²) in [7, 11) is 1.64. The largest absolute Gasteiger partial charge is 0.497 e. The number of nitrogens with zero attached hydrogens (tertiary/aromatic N) is 4. The van der Waals surface area contributed by atoms with E-state index in [-0.39, 0.29) is 12.0 Å². The minimum atomic E-state index is -0.250. The molecule has 1 aromatic carbocycles. The van der Waals surface area contributed by atoms with E-state index in [0.717, 1.165) is 30.8 Å². The number of carbonyl (C=O) groups is 1. The van der Waals surface area contributed by atoms with Crippen LogP contribution in [0.3, 0.4) is 0 Å². The second kappa shape index (κ2) is 8.26. The smallest absolute Gasteiger partial charge is 0.275 e. The summed E-state index contributed by atoms with van der Waals surface area (Å²) < 4.78 is 14.4. The van der Waals surface area contributed by atoms with Gasteiger partial charge >= 0.3 is 0 Å².